The fourth-order valence-corrected chi connectivity index (χ4v) is 2.64. The van der Waals surface area contributed by atoms with Gasteiger partial charge in [0.15, 0.2) is 11.9 Å². The van der Waals surface area contributed by atoms with Crippen molar-refractivity contribution in [1.29, 1.82) is 0 Å². The highest BCUT2D eigenvalue weighted by Crippen LogP contribution is 2.08. The van der Waals surface area contributed by atoms with Gasteiger partial charge in [-0.15, -0.1) is 0 Å². The first-order valence-electron chi connectivity index (χ1n) is 11.1. The first-order chi connectivity index (χ1) is 16.0. The number of esters is 4. The second-order valence-electron chi connectivity index (χ2n) is 7.61. The van der Waals surface area contributed by atoms with Crippen LogP contribution in [0, 0.1) is 0 Å². The Labute approximate surface area is 198 Å². The summed E-state index contributed by atoms with van der Waals surface area (Å²) in [7, 11) is 0. The van der Waals surface area contributed by atoms with Gasteiger partial charge in [0.1, 0.15) is 12.1 Å². The highest BCUT2D eigenvalue weighted by molar-refractivity contribution is 5.88. The van der Waals surface area contributed by atoms with Gasteiger partial charge >= 0.3 is 23.9 Å². The van der Waals surface area contributed by atoms with Crippen molar-refractivity contribution in [3.05, 3.63) is 0 Å². The predicted molar refractivity (Wildman–Crippen MR) is 126 cm³/mol. The van der Waals surface area contributed by atoms with Crippen molar-refractivity contribution in [3.8, 4) is 0 Å². The van der Waals surface area contributed by atoms with Crippen molar-refractivity contribution in [2.45, 2.75) is 76.3 Å². The van der Waals surface area contributed by atoms with Crippen molar-refractivity contribution in [3.63, 3.8) is 0 Å². The minimum Gasteiger partial charge on any atom is -0.392 e. The van der Waals surface area contributed by atoms with Crippen molar-refractivity contribution < 1.29 is 28.7 Å². The summed E-state index contributed by atoms with van der Waals surface area (Å²) in [5.41, 5.74) is 32.1. The van der Waals surface area contributed by atoms with Crippen LogP contribution in [0.2, 0.25) is 0 Å². The second kappa shape index (κ2) is 18.2. The lowest BCUT2D eigenvalue weighted by Gasteiger charge is -2.10. The van der Waals surface area contributed by atoms with Gasteiger partial charge in [0.05, 0.1) is 0 Å². The molecule has 0 aromatic rings. The number of ether oxygens (including phenoxy) is 2. The lowest BCUT2D eigenvalue weighted by molar-refractivity contribution is -0.162. The number of nitrogens with two attached hydrogens (primary N) is 6. The molecule has 194 valence electrons. The van der Waals surface area contributed by atoms with Crippen LogP contribution in [-0.4, -0.2) is 61.0 Å². The molecule has 0 rings (SSSR count). The molecule has 0 aromatic carbocycles. The van der Waals surface area contributed by atoms with Gasteiger partial charge < -0.3 is 43.9 Å². The third-order valence-electron chi connectivity index (χ3n) is 4.48. The SMILES string of the molecule is NC(N)=NCCC[C@H](N)C(=O)OC(=O)CCCCCCC(=O)OC(=O)[C@@H](N)CCCN=C(N)N. The zero-order chi connectivity index (χ0) is 25.9. The molecule has 0 amide bonds. The van der Waals surface area contributed by atoms with E-state index >= 15 is 0 Å². The summed E-state index contributed by atoms with van der Waals surface area (Å²) in [6.07, 6.45) is 3.80. The van der Waals surface area contributed by atoms with Gasteiger partial charge in [0, 0.05) is 25.9 Å². The fourth-order valence-electron chi connectivity index (χ4n) is 2.64. The maximum atomic E-state index is 11.8. The number of guanidine groups is 2. The van der Waals surface area contributed by atoms with E-state index in [9.17, 15) is 19.2 Å². The molecule has 0 aromatic heterocycles. The highest BCUT2D eigenvalue weighted by Gasteiger charge is 2.19. The maximum absolute atomic E-state index is 11.8. The summed E-state index contributed by atoms with van der Waals surface area (Å²) in [6, 6.07) is -1.86. The van der Waals surface area contributed by atoms with Crippen LogP contribution in [0.25, 0.3) is 0 Å². The number of aliphatic imine (C=N–C) groups is 2. The number of hydrogen-bond acceptors (Lipinski definition) is 10. The van der Waals surface area contributed by atoms with Crippen molar-refractivity contribution >= 4 is 35.8 Å². The molecule has 0 heterocycles. The minimum atomic E-state index is -0.932. The van der Waals surface area contributed by atoms with E-state index in [1.165, 1.54) is 0 Å². The molecule has 0 unspecified atom stereocenters. The zero-order valence-electron chi connectivity index (χ0n) is 19.4. The van der Waals surface area contributed by atoms with Crippen LogP contribution < -0.4 is 34.4 Å². The largest absolute Gasteiger partial charge is 0.392 e. The number of rotatable bonds is 17. The Morgan fingerprint density at radius 2 is 0.941 bits per heavy atom. The summed E-state index contributed by atoms with van der Waals surface area (Å²) >= 11 is 0. The maximum Gasteiger partial charge on any atom is 0.330 e. The lowest BCUT2D eigenvalue weighted by Crippen LogP contribution is -2.34. The van der Waals surface area contributed by atoms with Crippen LogP contribution in [0.5, 0.6) is 0 Å². The number of nitrogens with zero attached hydrogens (tertiary/aromatic N) is 2. The number of hydrogen-bond donors (Lipinski definition) is 6. The summed E-state index contributed by atoms with van der Waals surface area (Å²) in [5, 5.41) is 0. The molecule has 14 nitrogen and oxygen atoms in total. The molecule has 2 atom stereocenters. The highest BCUT2D eigenvalue weighted by atomic mass is 16.6. The van der Waals surface area contributed by atoms with E-state index < -0.39 is 36.0 Å². The van der Waals surface area contributed by atoms with E-state index in [-0.39, 0.29) is 37.6 Å². The minimum absolute atomic E-state index is 0.0457. The molecule has 0 saturated carbocycles. The number of carbonyl (C=O) groups excluding carboxylic acids is 4. The average molecular weight is 487 g/mol. The van der Waals surface area contributed by atoms with Crippen molar-refractivity contribution in [2.75, 3.05) is 13.1 Å². The van der Waals surface area contributed by atoms with Gasteiger partial charge in [-0.1, -0.05) is 12.8 Å². The molecule has 0 radical (unpaired) electrons. The fraction of sp³-hybridized carbons (Fsp3) is 0.700. The van der Waals surface area contributed by atoms with Gasteiger partial charge in [-0.3, -0.25) is 19.6 Å². The van der Waals surface area contributed by atoms with Crippen LogP contribution in [-0.2, 0) is 28.7 Å². The third-order valence-corrected chi connectivity index (χ3v) is 4.48. The molecule has 34 heavy (non-hydrogen) atoms. The quantitative estimate of drug-likeness (QED) is 0.0438. The molecular weight excluding hydrogens is 448 g/mol. The Balaban J connectivity index is 3.86. The van der Waals surface area contributed by atoms with Crippen molar-refractivity contribution in [2.24, 2.45) is 44.4 Å². The monoisotopic (exact) mass is 486 g/mol. The summed E-state index contributed by atoms with van der Waals surface area (Å²) < 4.78 is 9.43. The van der Waals surface area contributed by atoms with Crippen molar-refractivity contribution in [1.82, 2.24) is 0 Å². The van der Waals surface area contributed by atoms with Gasteiger partial charge in [0.25, 0.3) is 0 Å². The Morgan fingerprint density at radius 1 is 0.588 bits per heavy atom. The second-order valence-corrected chi connectivity index (χ2v) is 7.61. The Hall–Kier alpha value is -3.26. The first kappa shape index (κ1) is 30.7. The van der Waals surface area contributed by atoms with E-state index in [1.54, 1.807) is 0 Å². The van der Waals surface area contributed by atoms with E-state index in [1.807, 2.05) is 0 Å². The van der Waals surface area contributed by atoms with E-state index in [2.05, 4.69) is 9.98 Å². The molecule has 0 aliphatic heterocycles. The average Bonchev–Trinajstić information content (AvgIpc) is 2.75. The molecule has 0 bridgehead atoms. The molecule has 0 spiro atoms. The molecule has 0 saturated heterocycles. The lowest BCUT2D eigenvalue weighted by atomic mass is 10.1. The molecule has 14 heteroatoms. The van der Waals surface area contributed by atoms with E-state index in [4.69, 9.17) is 43.9 Å². The topological polar surface area (TPSA) is 268 Å². The van der Waals surface area contributed by atoms with E-state index in [0.29, 0.717) is 51.6 Å². The van der Waals surface area contributed by atoms with Crippen LogP contribution in [0.1, 0.15) is 64.2 Å². The van der Waals surface area contributed by atoms with Crippen LogP contribution in [0.15, 0.2) is 9.98 Å². The number of unbranched alkanes of at least 4 members (excludes halogenated alkanes) is 3. The molecular formula is C20H38N8O6. The molecule has 0 aliphatic rings. The smallest absolute Gasteiger partial charge is 0.330 e. The zero-order valence-corrected chi connectivity index (χ0v) is 19.4. The summed E-state index contributed by atoms with van der Waals surface area (Å²) in [6.45, 7) is 0.652. The molecule has 0 aliphatic carbocycles. The molecule has 0 fully saturated rings. The third kappa shape index (κ3) is 17.3. The molecule has 12 N–H and O–H groups in total. The van der Waals surface area contributed by atoms with Crippen LogP contribution in [0.4, 0.5) is 0 Å². The standard InChI is InChI=1S/C20H38N8O6/c21-13(7-5-11-27-19(23)24)17(31)33-15(29)9-3-1-2-4-10-16(30)34-18(32)14(22)8-6-12-28-20(25)26/h13-14H,1-12,21-22H2,(H4,23,24,27)(H4,25,26,28)/t13-,14-/m0/s1. The number of carbonyl (C=O) groups is 4. The Morgan fingerprint density at radius 3 is 1.26 bits per heavy atom. The summed E-state index contributed by atoms with van der Waals surface area (Å²) in [5.74, 6) is -3.01. The van der Waals surface area contributed by atoms with Crippen LogP contribution >= 0.6 is 0 Å². The van der Waals surface area contributed by atoms with E-state index in [0.717, 1.165) is 0 Å². The van der Waals surface area contributed by atoms with Gasteiger partial charge in [0.2, 0.25) is 0 Å². The Kier molecular flexibility index (Phi) is 16.5. The Bertz CT molecular complexity index is 660. The van der Waals surface area contributed by atoms with Crippen LogP contribution in [0.3, 0.4) is 0 Å². The predicted octanol–water partition coefficient (Wildman–Crippen LogP) is -1.77. The van der Waals surface area contributed by atoms with Gasteiger partial charge in [-0.2, -0.15) is 0 Å². The first-order valence-corrected chi connectivity index (χ1v) is 11.1. The van der Waals surface area contributed by atoms with Gasteiger partial charge in [-0.05, 0) is 38.5 Å². The summed E-state index contributed by atoms with van der Waals surface area (Å²) in [4.78, 5) is 54.5. The normalized spacial score (nSPS) is 12.2. The van der Waals surface area contributed by atoms with Gasteiger partial charge in [-0.25, -0.2) is 9.59 Å².